The lowest BCUT2D eigenvalue weighted by Gasteiger charge is -2.60. The number of carbonyl (C=O) groups excluding carboxylic acids is 2. The van der Waals surface area contributed by atoms with Crippen LogP contribution in [0.1, 0.15) is 31.4 Å². The van der Waals surface area contributed by atoms with Crippen LogP contribution in [0.25, 0.3) is 0 Å². The van der Waals surface area contributed by atoms with Gasteiger partial charge in [-0.2, -0.15) is 0 Å². The summed E-state index contributed by atoms with van der Waals surface area (Å²) >= 11 is 0. The van der Waals surface area contributed by atoms with Crippen LogP contribution in [0.15, 0.2) is 60.7 Å². The molecule has 2 aromatic carbocycles. The Bertz CT molecular complexity index is 1040. The SMILES string of the molecule is COC(=O)N1C[C@@H]2C[C@H]3CN(CC(C)C)[C@@H]([C@@H]2Cc2ccccc2)[C@]31C(=O)NCc1ccccc1. The normalized spacial score (nSPS) is 29.4. The van der Waals surface area contributed by atoms with E-state index in [0.717, 1.165) is 31.5 Å². The molecule has 0 unspecified atom stereocenters. The minimum atomic E-state index is -0.912. The molecule has 186 valence electrons. The maximum atomic E-state index is 14.3. The number of fused-ring (bicyclic) bond motifs is 1. The molecule has 1 saturated carbocycles. The first-order valence-corrected chi connectivity index (χ1v) is 12.9. The number of carbonyl (C=O) groups is 2. The van der Waals surface area contributed by atoms with Crippen LogP contribution in [0.4, 0.5) is 4.79 Å². The molecule has 1 aliphatic carbocycles. The molecule has 6 rings (SSSR count). The first kappa shape index (κ1) is 23.9. The number of benzene rings is 2. The second kappa shape index (κ2) is 9.65. The van der Waals surface area contributed by atoms with E-state index in [1.807, 2.05) is 36.4 Å². The molecular weight excluding hydrogens is 438 g/mol. The van der Waals surface area contributed by atoms with Crippen molar-refractivity contribution in [2.75, 3.05) is 26.7 Å². The molecule has 0 aromatic heterocycles. The molecule has 4 fully saturated rings. The van der Waals surface area contributed by atoms with Gasteiger partial charge in [-0.15, -0.1) is 0 Å². The fourth-order valence-electron chi connectivity index (χ4n) is 7.20. The minimum absolute atomic E-state index is 0.0301. The van der Waals surface area contributed by atoms with Crippen molar-refractivity contribution in [1.82, 2.24) is 15.1 Å². The number of likely N-dealkylation sites (tertiary alicyclic amines) is 1. The van der Waals surface area contributed by atoms with Gasteiger partial charge in [0.15, 0.2) is 0 Å². The van der Waals surface area contributed by atoms with Crippen molar-refractivity contribution in [1.29, 1.82) is 0 Å². The lowest BCUT2D eigenvalue weighted by Crippen LogP contribution is -2.78. The van der Waals surface area contributed by atoms with Crippen LogP contribution in [-0.4, -0.2) is 60.1 Å². The fourth-order valence-corrected chi connectivity index (χ4v) is 7.20. The average molecular weight is 476 g/mol. The Kier molecular flexibility index (Phi) is 6.58. The molecule has 1 N–H and O–H groups in total. The Morgan fingerprint density at radius 1 is 1.03 bits per heavy atom. The molecule has 6 nitrogen and oxygen atoms in total. The predicted octanol–water partition coefficient (Wildman–Crippen LogP) is 3.96. The van der Waals surface area contributed by atoms with Gasteiger partial charge < -0.3 is 10.1 Å². The molecule has 3 saturated heterocycles. The molecule has 0 radical (unpaired) electrons. The zero-order valence-corrected chi connectivity index (χ0v) is 21.0. The van der Waals surface area contributed by atoms with E-state index in [4.69, 9.17) is 4.74 Å². The molecule has 0 spiro atoms. The fraction of sp³-hybridized carbons (Fsp3) is 0.517. The van der Waals surface area contributed by atoms with E-state index in [1.165, 1.54) is 12.7 Å². The maximum absolute atomic E-state index is 14.3. The lowest BCUT2D eigenvalue weighted by atomic mass is 9.57. The van der Waals surface area contributed by atoms with Crippen molar-refractivity contribution in [3.63, 3.8) is 0 Å². The zero-order chi connectivity index (χ0) is 24.6. The Balaban J connectivity index is 1.54. The van der Waals surface area contributed by atoms with Crippen molar-refractivity contribution in [3.8, 4) is 0 Å². The molecule has 4 aliphatic rings. The molecular formula is C29H37N3O3. The second-order valence-corrected chi connectivity index (χ2v) is 10.9. The summed E-state index contributed by atoms with van der Waals surface area (Å²) in [5, 5.41) is 3.24. The first-order chi connectivity index (χ1) is 16.9. The van der Waals surface area contributed by atoms with Crippen LogP contribution >= 0.6 is 0 Å². The number of nitrogens with zero attached hydrogens (tertiary/aromatic N) is 2. The Morgan fingerprint density at radius 3 is 2.31 bits per heavy atom. The topological polar surface area (TPSA) is 61.9 Å². The van der Waals surface area contributed by atoms with Gasteiger partial charge >= 0.3 is 6.09 Å². The van der Waals surface area contributed by atoms with Gasteiger partial charge in [0.05, 0.1) is 7.11 Å². The summed E-state index contributed by atoms with van der Waals surface area (Å²) in [6, 6.07) is 20.5. The number of amides is 2. The molecule has 35 heavy (non-hydrogen) atoms. The van der Waals surface area contributed by atoms with Gasteiger partial charge in [-0.1, -0.05) is 74.5 Å². The van der Waals surface area contributed by atoms with Gasteiger partial charge in [-0.05, 0) is 41.7 Å². The summed E-state index contributed by atoms with van der Waals surface area (Å²) in [6.45, 7) is 7.25. The molecule has 3 aliphatic heterocycles. The van der Waals surface area contributed by atoms with Crippen LogP contribution in [0.2, 0.25) is 0 Å². The highest BCUT2D eigenvalue weighted by Gasteiger charge is 2.72. The average Bonchev–Trinajstić information content (AvgIpc) is 3.13. The van der Waals surface area contributed by atoms with Gasteiger partial charge in [-0.3, -0.25) is 14.6 Å². The quantitative estimate of drug-likeness (QED) is 0.659. The van der Waals surface area contributed by atoms with E-state index in [-0.39, 0.29) is 24.0 Å². The van der Waals surface area contributed by atoms with Crippen LogP contribution < -0.4 is 5.32 Å². The van der Waals surface area contributed by atoms with E-state index >= 15 is 0 Å². The first-order valence-electron chi connectivity index (χ1n) is 12.9. The second-order valence-electron chi connectivity index (χ2n) is 10.9. The number of hydrogen-bond acceptors (Lipinski definition) is 4. The third kappa shape index (κ3) is 4.12. The molecule has 4 bridgehead atoms. The summed E-state index contributed by atoms with van der Waals surface area (Å²) in [5.41, 5.74) is 1.44. The summed E-state index contributed by atoms with van der Waals surface area (Å²) in [6.07, 6.45) is 1.50. The van der Waals surface area contributed by atoms with E-state index < -0.39 is 5.54 Å². The van der Waals surface area contributed by atoms with Crippen molar-refractivity contribution in [2.45, 2.75) is 44.8 Å². The van der Waals surface area contributed by atoms with Crippen molar-refractivity contribution in [3.05, 3.63) is 71.8 Å². The van der Waals surface area contributed by atoms with Gasteiger partial charge in [0.1, 0.15) is 5.54 Å². The zero-order valence-electron chi connectivity index (χ0n) is 21.0. The van der Waals surface area contributed by atoms with Gasteiger partial charge in [0, 0.05) is 38.1 Å². The summed E-state index contributed by atoms with van der Waals surface area (Å²) in [5.74, 6) is 1.20. The summed E-state index contributed by atoms with van der Waals surface area (Å²) in [7, 11) is 1.43. The third-order valence-corrected chi connectivity index (χ3v) is 8.35. The molecule has 5 atom stereocenters. The van der Waals surface area contributed by atoms with E-state index in [9.17, 15) is 9.59 Å². The third-order valence-electron chi connectivity index (χ3n) is 8.35. The van der Waals surface area contributed by atoms with Gasteiger partial charge in [0.25, 0.3) is 0 Å². The minimum Gasteiger partial charge on any atom is -0.453 e. The van der Waals surface area contributed by atoms with Crippen LogP contribution in [-0.2, 0) is 22.5 Å². The van der Waals surface area contributed by atoms with Crippen LogP contribution in [0.3, 0.4) is 0 Å². The van der Waals surface area contributed by atoms with Crippen molar-refractivity contribution in [2.24, 2.45) is 23.7 Å². The smallest absolute Gasteiger partial charge is 0.410 e. The number of ether oxygens (including phenoxy) is 1. The van der Waals surface area contributed by atoms with E-state index in [0.29, 0.717) is 30.8 Å². The molecule has 3 heterocycles. The lowest BCUT2D eigenvalue weighted by molar-refractivity contribution is -0.155. The summed E-state index contributed by atoms with van der Waals surface area (Å²) < 4.78 is 5.26. The van der Waals surface area contributed by atoms with E-state index in [1.54, 1.807) is 4.90 Å². The number of rotatable bonds is 7. The van der Waals surface area contributed by atoms with Gasteiger partial charge in [0.2, 0.25) is 5.91 Å². The van der Waals surface area contributed by atoms with Crippen LogP contribution in [0.5, 0.6) is 0 Å². The number of methoxy groups -OCH3 is 1. The maximum Gasteiger partial charge on any atom is 0.410 e. The monoisotopic (exact) mass is 475 g/mol. The molecule has 6 heteroatoms. The highest BCUT2D eigenvalue weighted by atomic mass is 16.5. The standard InChI is InChI=1S/C29H37N3O3/c1-20(2)17-31-19-24-15-23-18-32(28(34)35-3)29(24,27(33)30-16-22-12-8-5-9-13-22)26(31)25(23)14-21-10-6-4-7-11-21/h4-13,20,23-26H,14-19H2,1-3H3,(H,30,33)/t23-,24-,25+,26-,29-/m0/s1. The number of hydrogen-bond donors (Lipinski definition) is 1. The van der Waals surface area contributed by atoms with E-state index in [2.05, 4.69) is 48.3 Å². The van der Waals surface area contributed by atoms with Crippen molar-refractivity contribution < 1.29 is 14.3 Å². The Morgan fingerprint density at radius 2 is 1.69 bits per heavy atom. The highest BCUT2D eigenvalue weighted by Crippen LogP contribution is 2.57. The Labute approximate surface area is 208 Å². The summed E-state index contributed by atoms with van der Waals surface area (Å²) in [4.78, 5) is 31.7. The Hall–Kier alpha value is -2.86. The van der Waals surface area contributed by atoms with Gasteiger partial charge in [-0.25, -0.2) is 4.79 Å². The van der Waals surface area contributed by atoms with Crippen LogP contribution in [0, 0.1) is 23.7 Å². The highest BCUT2D eigenvalue weighted by molar-refractivity contribution is 5.92. The van der Waals surface area contributed by atoms with Crippen molar-refractivity contribution >= 4 is 12.0 Å². The largest absolute Gasteiger partial charge is 0.453 e. The molecule has 2 aromatic rings. The predicted molar refractivity (Wildman–Crippen MR) is 136 cm³/mol. The number of piperidine rings is 2. The molecule has 2 amide bonds. The number of nitrogens with one attached hydrogen (secondary N) is 1.